The van der Waals surface area contributed by atoms with Gasteiger partial charge in [0.2, 0.25) is 5.91 Å². The Morgan fingerprint density at radius 3 is 3.04 bits per heavy atom. The van der Waals surface area contributed by atoms with Crippen molar-refractivity contribution in [3.05, 3.63) is 46.2 Å². The number of fused-ring (bicyclic) bond motifs is 1. The lowest BCUT2D eigenvalue weighted by molar-refractivity contribution is -0.139. The molecule has 1 aliphatic rings. The van der Waals surface area contributed by atoms with Crippen molar-refractivity contribution in [2.75, 3.05) is 17.7 Å². The summed E-state index contributed by atoms with van der Waals surface area (Å²) in [4.78, 5) is 24.4. The van der Waals surface area contributed by atoms with Crippen molar-refractivity contribution in [3.63, 3.8) is 0 Å². The third kappa shape index (κ3) is 3.86. The van der Waals surface area contributed by atoms with Crippen molar-refractivity contribution >= 4 is 40.7 Å². The number of amides is 1. The molecule has 5 nitrogen and oxygen atoms in total. The molecule has 0 bridgehead atoms. The monoisotopic (exact) mass is 349 g/mol. The molecule has 2 aromatic rings. The number of carboxylic acid groups (broad SMARTS) is 1. The van der Waals surface area contributed by atoms with Gasteiger partial charge in [-0.05, 0) is 41.3 Å². The first kappa shape index (κ1) is 15.9. The Labute approximate surface area is 141 Å². The summed E-state index contributed by atoms with van der Waals surface area (Å²) in [5, 5.41) is 13.3. The Morgan fingerprint density at radius 2 is 2.22 bits per heavy atom. The molecule has 1 amide bonds. The first-order valence-corrected chi connectivity index (χ1v) is 9.00. The molecular formula is C16H15NO4S2. The predicted molar refractivity (Wildman–Crippen MR) is 91.4 cm³/mol. The topological polar surface area (TPSA) is 75.6 Å². The fourth-order valence-corrected chi connectivity index (χ4v) is 4.67. The van der Waals surface area contributed by atoms with Crippen LogP contribution in [0.3, 0.4) is 0 Å². The summed E-state index contributed by atoms with van der Waals surface area (Å²) < 4.78 is 5.12. The van der Waals surface area contributed by atoms with E-state index in [4.69, 9.17) is 9.84 Å². The largest absolute Gasteiger partial charge is 0.482 e. The maximum Gasteiger partial charge on any atom is 0.341 e. The number of anilines is 1. The highest BCUT2D eigenvalue weighted by molar-refractivity contribution is 8.00. The lowest BCUT2D eigenvalue weighted by Crippen LogP contribution is -2.22. The fourth-order valence-electron chi connectivity index (χ4n) is 2.38. The van der Waals surface area contributed by atoms with E-state index in [1.807, 2.05) is 11.4 Å². The molecule has 7 heteroatoms. The number of benzene rings is 1. The van der Waals surface area contributed by atoms with Gasteiger partial charge in [-0.25, -0.2) is 4.79 Å². The van der Waals surface area contributed by atoms with Crippen LogP contribution < -0.4 is 10.1 Å². The van der Waals surface area contributed by atoms with Crippen LogP contribution in [0.25, 0.3) is 0 Å². The maximum atomic E-state index is 12.5. The zero-order valence-corrected chi connectivity index (χ0v) is 13.8. The van der Waals surface area contributed by atoms with Crippen LogP contribution in [-0.4, -0.2) is 29.3 Å². The average molecular weight is 349 g/mol. The molecular weight excluding hydrogens is 334 g/mol. The number of hydrogen-bond donors (Lipinski definition) is 2. The average Bonchev–Trinajstić information content (AvgIpc) is 3.01. The second-order valence-electron chi connectivity index (χ2n) is 5.00. The molecule has 0 fully saturated rings. The summed E-state index contributed by atoms with van der Waals surface area (Å²) in [7, 11) is 0. The number of nitrogens with one attached hydrogen (secondary N) is 1. The summed E-state index contributed by atoms with van der Waals surface area (Å²) in [6, 6.07) is 8.78. The van der Waals surface area contributed by atoms with Crippen LogP contribution in [0.1, 0.15) is 15.7 Å². The number of ether oxygens (including phenoxy) is 1. The summed E-state index contributed by atoms with van der Waals surface area (Å²) in [5.74, 6) is 0.248. The minimum absolute atomic E-state index is 0.0651. The molecule has 0 spiro atoms. The maximum absolute atomic E-state index is 12.5. The lowest BCUT2D eigenvalue weighted by atomic mass is 10.1. The molecule has 1 aromatic carbocycles. The van der Waals surface area contributed by atoms with Crippen molar-refractivity contribution in [1.82, 2.24) is 0 Å². The molecule has 0 aliphatic carbocycles. The number of carbonyl (C=O) groups excluding carboxylic acids is 1. The van der Waals surface area contributed by atoms with Crippen molar-refractivity contribution < 1.29 is 19.4 Å². The standard InChI is InChI=1S/C16H15NO4S2/c18-14(19)9-21-11-3-1-2-10(8-11)17-16(20)15-12-4-6-22-13(12)5-7-23-15/h1-4,6,8,15H,5,7,9H2,(H,17,20)(H,18,19). The van der Waals surface area contributed by atoms with E-state index in [1.54, 1.807) is 47.4 Å². The van der Waals surface area contributed by atoms with E-state index in [-0.39, 0.29) is 11.2 Å². The molecule has 2 heterocycles. The molecule has 1 unspecified atom stereocenters. The van der Waals surface area contributed by atoms with Gasteiger partial charge in [-0.1, -0.05) is 6.07 Å². The Bertz CT molecular complexity index is 728. The molecule has 120 valence electrons. The highest BCUT2D eigenvalue weighted by atomic mass is 32.2. The fraction of sp³-hybridized carbons (Fsp3) is 0.250. The van der Waals surface area contributed by atoms with E-state index in [0.717, 1.165) is 17.7 Å². The van der Waals surface area contributed by atoms with Gasteiger partial charge in [-0.2, -0.15) is 0 Å². The van der Waals surface area contributed by atoms with E-state index in [1.165, 1.54) is 4.88 Å². The lowest BCUT2D eigenvalue weighted by Gasteiger charge is -2.21. The van der Waals surface area contributed by atoms with Gasteiger partial charge >= 0.3 is 5.97 Å². The Hall–Kier alpha value is -1.99. The first-order valence-electron chi connectivity index (χ1n) is 7.07. The van der Waals surface area contributed by atoms with E-state index in [2.05, 4.69) is 5.32 Å². The van der Waals surface area contributed by atoms with Gasteiger partial charge in [0.05, 0.1) is 0 Å². The van der Waals surface area contributed by atoms with Crippen LogP contribution in [0.5, 0.6) is 5.75 Å². The van der Waals surface area contributed by atoms with E-state index >= 15 is 0 Å². The number of hydrogen-bond acceptors (Lipinski definition) is 5. The third-order valence-electron chi connectivity index (χ3n) is 3.38. The van der Waals surface area contributed by atoms with E-state index in [0.29, 0.717) is 11.4 Å². The third-order valence-corrected chi connectivity index (χ3v) is 5.62. The molecule has 1 aromatic heterocycles. The Morgan fingerprint density at radius 1 is 1.35 bits per heavy atom. The van der Waals surface area contributed by atoms with Crippen molar-refractivity contribution in [1.29, 1.82) is 0 Å². The van der Waals surface area contributed by atoms with Gasteiger partial charge in [-0.3, -0.25) is 4.79 Å². The van der Waals surface area contributed by atoms with Crippen LogP contribution in [0.15, 0.2) is 35.7 Å². The number of thioether (sulfide) groups is 1. The van der Waals surface area contributed by atoms with Crippen molar-refractivity contribution in [2.24, 2.45) is 0 Å². The van der Waals surface area contributed by atoms with Crippen molar-refractivity contribution in [3.8, 4) is 5.75 Å². The zero-order chi connectivity index (χ0) is 16.2. The molecule has 0 saturated carbocycles. The van der Waals surface area contributed by atoms with Crippen LogP contribution in [0.4, 0.5) is 5.69 Å². The highest BCUT2D eigenvalue weighted by Crippen LogP contribution is 2.40. The molecule has 0 saturated heterocycles. The van der Waals surface area contributed by atoms with Crippen LogP contribution >= 0.6 is 23.1 Å². The minimum Gasteiger partial charge on any atom is -0.482 e. The minimum atomic E-state index is -1.04. The van der Waals surface area contributed by atoms with Crippen LogP contribution in [0, 0.1) is 0 Å². The normalized spacial score (nSPS) is 16.4. The molecule has 0 radical (unpaired) electrons. The second-order valence-corrected chi connectivity index (χ2v) is 7.21. The Balaban J connectivity index is 1.69. The van der Waals surface area contributed by atoms with E-state index < -0.39 is 12.6 Å². The van der Waals surface area contributed by atoms with Crippen LogP contribution in [0.2, 0.25) is 0 Å². The predicted octanol–water partition coefficient (Wildman–Crippen LogP) is 3.18. The number of thiophene rings is 1. The summed E-state index contributed by atoms with van der Waals surface area (Å²) in [6.07, 6.45) is 1.01. The quantitative estimate of drug-likeness (QED) is 0.867. The smallest absolute Gasteiger partial charge is 0.341 e. The summed E-state index contributed by atoms with van der Waals surface area (Å²) in [6.45, 7) is -0.409. The number of carboxylic acids is 1. The van der Waals surface area contributed by atoms with Gasteiger partial charge in [0.1, 0.15) is 11.0 Å². The summed E-state index contributed by atoms with van der Waals surface area (Å²) >= 11 is 3.34. The summed E-state index contributed by atoms with van der Waals surface area (Å²) in [5.41, 5.74) is 1.70. The number of aliphatic carboxylic acids is 1. The van der Waals surface area contributed by atoms with Gasteiger partial charge in [0, 0.05) is 16.6 Å². The number of rotatable bonds is 5. The molecule has 1 atom stereocenters. The molecule has 3 rings (SSSR count). The molecule has 2 N–H and O–H groups in total. The highest BCUT2D eigenvalue weighted by Gasteiger charge is 2.28. The Kier molecular flexibility index (Phi) is 4.88. The van der Waals surface area contributed by atoms with Crippen LogP contribution in [-0.2, 0) is 16.0 Å². The zero-order valence-electron chi connectivity index (χ0n) is 12.2. The van der Waals surface area contributed by atoms with Crippen molar-refractivity contribution in [2.45, 2.75) is 11.7 Å². The van der Waals surface area contributed by atoms with E-state index in [9.17, 15) is 9.59 Å². The SMILES string of the molecule is O=C(O)COc1cccc(NC(=O)C2SCCc3sccc32)c1. The van der Waals surface area contributed by atoms with Gasteiger partial charge in [0.15, 0.2) is 6.61 Å². The number of carbonyl (C=O) groups is 2. The molecule has 1 aliphatic heterocycles. The first-order chi connectivity index (χ1) is 11.1. The molecule has 23 heavy (non-hydrogen) atoms. The van der Waals surface area contributed by atoms with Gasteiger partial charge in [0.25, 0.3) is 0 Å². The second kappa shape index (κ2) is 7.06. The van der Waals surface area contributed by atoms with Gasteiger partial charge in [-0.15, -0.1) is 23.1 Å². The van der Waals surface area contributed by atoms with Gasteiger partial charge < -0.3 is 15.2 Å². The number of aryl methyl sites for hydroxylation is 1.